The zero-order chi connectivity index (χ0) is 14.7. The molecule has 2 aliphatic rings. The van der Waals surface area contributed by atoms with Crippen molar-refractivity contribution in [2.45, 2.75) is 52.6 Å². The molecule has 3 rings (SSSR count). The van der Waals surface area contributed by atoms with E-state index < -0.39 is 0 Å². The number of rotatable bonds is 10. The summed E-state index contributed by atoms with van der Waals surface area (Å²) in [6, 6.07) is 2.13. The topological polar surface area (TPSA) is 41.3 Å². The standard InChI is InChI=1S/C17H29N3O/c1-13(2)8-18-9-16-7-17(21-19-16)12-20(10-14-3-4-14)11-15-5-6-15/h7,13-15,18H,3-6,8-12H2,1-2H3. The number of nitrogens with zero attached hydrogens (tertiary/aromatic N) is 2. The van der Waals surface area contributed by atoms with Crippen LogP contribution in [0.15, 0.2) is 10.6 Å². The molecule has 21 heavy (non-hydrogen) atoms. The number of nitrogens with one attached hydrogen (secondary N) is 1. The molecule has 0 radical (unpaired) electrons. The van der Waals surface area contributed by atoms with Crippen molar-refractivity contribution < 1.29 is 4.52 Å². The van der Waals surface area contributed by atoms with Gasteiger partial charge in [0, 0.05) is 25.7 Å². The van der Waals surface area contributed by atoms with Crippen molar-refractivity contribution >= 4 is 0 Å². The molecule has 2 aliphatic carbocycles. The third-order valence-corrected chi connectivity index (χ3v) is 4.27. The fraction of sp³-hybridized carbons (Fsp3) is 0.824. The summed E-state index contributed by atoms with van der Waals surface area (Å²) in [4.78, 5) is 2.58. The summed E-state index contributed by atoms with van der Waals surface area (Å²) in [7, 11) is 0. The van der Waals surface area contributed by atoms with E-state index in [1.807, 2.05) is 0 Å². The number of hydrogen-bond acceptors (Lipinski definition) is 4. The molecule has 0 spiro atoms. The van der Waals surface area contributed by atoms with Gasteiger partial charge in [0.25, 0.3) is 0 Å². The fourth-order valence-corrected chi connectivity index (χ4v) is 2.76. The Morgan fingerprint density at radius 3 is 2.48 bits per heavy atom. The Kier molecular flexibility index (Phi) is 4.96. The number of aromatic nitrogens is 1. The van der Waals surface area contributed by atoms with E-state index in [1.165, 1.54) is 38.8 Å². The van der Waals surface area contributed by atoms with Gasteiger partial charge in [-0.25, -0.2) is 0 Å². The smallest absolute Gasteiger partial charge is 0.151 e. The molecule has 0 aromatic carbocycles. The summed E-state index contributed by atoms with van der Waals surface area (Å²) in [5.41, 5.74) is 1.03. The summed E-state index contributed by atoms with van der Waals surface area (Å²) in [5, 5.41) is 7.61. The van der Waals surface area contributed by atoms with Crippen LogP contribution in [0.3, 0.4) is 0 Å². The van der Waals surface area contributed by atoms with Gasteiger partial charge in [-0.2, -0.15) is 0 Å². The average molecular weight is 291 g/mol. The second kappa shape index (κ2) is 6.93. The van der Waals surface area contributed by atoms with Gasteiger partial charge in [-0.3, -0.25) is 4.90 Å². The van der Waals surface area contributed by atoms with Gasteiger partial charge in [0.05, 0.1) is 12.2 Å². The largest absolute Gasteiger partial charge is 0.360 e. The van der Waals surface area contributed by atoms with Crippen molar-refractivity contribution in [2.75, 3.05) is 19.6 Å². The Morgan fingerprint density at radius 2 is 1.90 bits per heavy atom. The first-order chi connectivity index (χ1) is 10.2. The van der Waals surface area contributed by atoms with E-state index in [4.69, 9.17) is 4.52 Å². The summed E-state index contributed by atoms with van der Waals surface area (Å²) in [6.07, 6.45) is 5.67. The van der Waals surface area contributed by atoms with E-state index in [-0.39, 0.29) is 0 Å². The first-order valence-corrected chi connectivity index (χ1v) is 8.56. The molecule has 118 valence electrons. The van der Waals surface area contributed by atoms with E-state index in [0.29, 0.717) is 5.92 Å². The lowest BCUT2D eigenvalue weighted by Gasteiger charge is -2.20. The predicted octanol–water partition coefficient (Wildman–Crippen LogP) is 3.04. The second-order valence-corrected chi connectivity index (χ2v) is 7.39. The Bertz CT molecular complexity index is 421. The molecule has 0 saturated heterocycles. The molecule has 0 unspecified atom stereocenters. The highest BCUT2D eigenvalue weighted by molar-refractivity contribution is 5.05. The summed E-state index contributed by atoms with van der Waals surface area (Å²) < 4.78 is 5.52. The first-order valence-electron chi connectivity index (χ1n) is 8.56. The summed E-state index contributed by atoms with van der Waals surface area (Å²) >= 11 is 0. The minimum absolute atomic E-state index is 0.670. The van der Waals surface area contributed by atoms with Crippen LogP contribution in [0.25, 0.3) is 0 Å². The highest BCUT2D eigenvalue weighted by Gasteiger charge is 2.29. The van der Waals surface area contributed by atoms with Crippen molar-refractivity contribution in [1.82, 2.24) is 15.4 Å². The molecule has 0 atom stereocenters. The zero-order valence-corrected chi connectivity index (χ0v) is 13.5. The van der Waals surface area contributed by atoms with Crippen LogP contribution in [-0.2, 0) is 13.1 Å². The maximum absolute atomic E-state index is 5.52. The van der Waals surface area contributed by atoms with Gasteiger partial charge >= 0.3 is 0 Å². The average Bonchev–Trinajstić information content (AvgIpc) is 3.33. The van der Waals surface area contributed by atoms with Gasteiger partial charge in [0.1, 0.15) is 0 Å². The van der Waals surface area contributed by atoms with E-state index >= 15 is 0 Å². The lowest BCUT2D eigenvalue weighted by atomic mass is 10.2. The molecule has 2 saturated carbocycles. The highest BCUT2D eigenvalue weighted by Crippen LogP contribution is 2.34. The van der Waals surface area contributed by atoms with E-state index in [2.05, 4.69) is 35.3 Å². The van der Waals surface area contributed by atoms with Gasteiger partial charge in [0.2, 0.25) is 0 Å². The Hall–Kier alpha value is -0.870. The van der Waals surface area contributed by atoms with Crippen molar-refractivity contribution in [3.8, 4) is 0 Å². The van der Waals surface area contributed by atoms with Gasteiger partial charge in [-0.1, -0.05) is 19.0 Å². The normalized spacial score (nSPS) is 18.9. The van der Waals surface area contributed by atoms with Crippen molar-refractivity contribution in [3.05, 3.63) is 17.5 Å². The fourth-order valence-electron chi connectivity index (χ4n) is 2.76. The molecular formula is C17H29N3O. The van der Waals surface area contributed by atoms with Crippen LogP contribution in [0.4, 0.5) is 0 Å². The van der Waals surface area contributed by atoms with Crippen LogP contribution in [0.2, 0.25) is 0 Å². The Morgan fingerprint density at radius 1 is 1.24 bits per heavy atom. The minimum Gasteiger partial charge on any atom is -0.360 e. The van der Waals surface area contributed by atoms with Crippen LogP contribution in [-0.4, -0.2) is 29.7 Å². The van der Waals surface area contributed by atoms with Crippen LogP contribution >= 0.6 is 0 Å². The molecular weight excluding hydrogens is 262 g/mol. The monoisotopic (exact) mass is 291 g/mol. The van der Waals surface area contributed by atoms with Crippen molar-refractivity contribution in [2.24, 2.45) is 17.8 Å². The molecule has 1 N–H and O–H groups in total. The number of hydrogen-bond donors (Lipinski definition) is 1. The van der Waals surface area contributed by atoms with Crippen LogP contribution < -0.4 is 5.32 Å². The molecule has 0 aliphatic heterocycles. The SMILES string of the molecule is CC(C)CNCc1cc(CN(CC2CC2)CC2CC2)on1. The van der Waals surface area contributed by atoms with E-state index in [1.54, 1.807) is 0 Å². The van der Waals surface area contributed by atoms with Gasteiger partial charge in [0.15, 0.2) is 5.76 Å². The lowest BCUT2D eigenvalue weighted by Crippen LogP contribution is -2.27. The quantitative estimate of drug-likeness (QED) is 0.719. The first kappa shape index (κ1) is 15.0. The van der Waals surface area contributed by atoms with Crippen LogP contribution in [0, 0.1) is 17.8 Å². The third-order valence-electron chi connectivity index (χ3n) is 4.27. The van der Waals surface area contributed by atoms with Crippen molar-refractivity contribution in [1.29, 1.82) is 0 Å². The molecule has 1 aromatic heterocycles. The Labute approximate surface area is 128 Å². The molecule has 4 heteroatoms. The van der Waals surface area contributed by atoms with Crippen molar-refractivity contribution in [3.63, 3.8) is 0 Å². The second-order valence-electron chi connectivity index (χ2n) is 7.39. The van der Waals surface area contributed by atoms with Crippen LogP contribution in [0.1, 0.15) is 51.0 Å². The Balaban J connectivity index is 1.46. The highest BCUT2D eigenvalue weighted by atomic mass is 16.5. The molecule has 4 nitrogen and oxygen atoms in total. The summed E-state index contributed by atoms with van der Waals surface area (Å²) in [5.74, 6) is 3.58. The zero-order valence-electron chi connectivity index (χ0n) is 13.5. The van der Waals surface area contributed by atoms with Gasteiger partial charge in [-0.05, 0) is 50.0 Å². The molecule has 2 fully saturated rings. The molecule has 0 bridgehead atoms. The van der Waals surface area contributed by atoms with Gasteiger partial charge < -0.3 is 9.84 Å². The molecule has 1 heterocycles. The van der Waals surface area contributed by atoms with Gasteiger partial charge in [-0.15, -0.1) is 0 Å². The van der Waals surface area contributed by atoms with Crippen LogP contribution in [0.5, 0.6) is 0 Å². The van der Waals surface area contributed by atoms with E-state index in [0.717, 1.165) is 42.9 Å². The molecule has 0 amide bonds. The van der Waals surface area contributed by atoms with E-state index in [9.17, 15) is 0 Å². The molecule has 1 aromatic rings. The third kappa shape index (κ3) is 5.44. The lowest BCUT2D eigenvalue weighted by molar-refractivity contribution is 0.214. The minimum atomic E-state index is 0.670. The maximum Gasteiger partial charge on any atom is 0.151 e. The summed E-state index contributed by atoms with van der Waals surface area (Å²) in [6.45, 7) is 9.70. The predicted molar refractivity (Wildman–Crippen MR) is 83.8 cm³/mol. The maximum atomic E-state index is 5.52.